The highest BCUT2D eigenvalue weighted by Gasteiger charge is 2.36. The Balaban J connectivity index is 2.62. The van der Waals surface area contributed by atoms with Crippen LogP contribution in [0.1, 0.15) is 33.3 Å². The number of nitrogens with one attached hydrogen (secondary N) is 2. The molecule has 0 bridgehead atoms. The van der Waals surface area contributed by atoms with Gasteiger partial charge in [0.05, 0.1) is 5.88 Å². The van der Waals surface area contributed by atoms with E-state index in [9.17, 15) is 14.4 Å². The van der Waals surface area contributed by atoms with Gasteiger partial charge >= 0.3 is 12.1 Å². The van der Waals surface area contributed by atoms with E-state index in [1.807, 2.05) is 18.2 Å². The molecule has 150 valence electrons. The predicted molar refractivity (Wildman–Crippen MR) is 103 cm³/mol. The number of alkyl carbamates (subject to hydrolysis) is 1. The molecule has 0 heterocycles. The third-order valence-corrected chi connectivity index (χ3v) is 3.70. The molecule has 27 heavy (non-hydrogen) atoms. The van der Waals surface area contributed by atoms with E-state index in [1.165, 1.54) is 6.92 Å². The lowest BCUT2D eigenvalue weighted by atomic mass is 10.2. The second-order valence-corrected chi connectivity index (χ2v) is 7.97. The van der Waals surface area contributed by atoms with Crippen LogP contribution in [0.25, 0.3) is 0 Å². The maximum absolute atomic E-state index is 12.3. The summed E-state index contributed by atoms with van der Waals surface area (Å²) in [6, 6.07) is 7.92. The van der Waals surface area contributed by atoms with Crippen LogP contribution in [-0.4, -0.2) is 40.5 Å². The molecule has 0 saturated carbocycles. The second kappa shape index (κ2) is 9.80. The minimum Gasteiger partial charge on any atom is -0.459 e. The van der Waals surface area contributed by atoms with Crippen molar-refractivity contribution in [2.24, 2.45) is 0 Å². The van der Waals surface area contributed by atoms with Crippen molar-refractivity contribution < 1.29 is 23.9 Å². The quantitative estimate of drug-likeness (QED) is 0.403. The third-order valence-electron chi connectivity index (χ3n) is 3.13. The molecule has 0 fully saturated rings. The van der Waals surface area contributed by atoms with E-state index in [2.05, 4.69) is 10.6 Å². The zero-order valence-corrected chi connectivity index (χ0v) is 17.2. The summed E-state index contributed by atoms with van der Waals surface area (Å²) < 4.78 is 10.2. The van der Waals surface area contributed by atoms with Crippen molar-refractivity contribution in [1.29, 1.82) is 0 Å². The fourth-order valence-corrected chi connectivity index (χ4v) is 2.17. The van der Waals surface area contributed by atoms with Gasteiger partial charge in [-0.1, -0.05) is 41.9 Å². The molecule has 0 saturated heterocycles. The molecule has 2 N–H and O–H groups in total. The van der Waals surface area contributed by atoms with E-state index in [1.54, 1.807) is 32.9 Å². The topological polar surface area (TPSA) is 93.7 Å². The fraction of sp³-hybridized carbons (Fsp3) is 0.500. The Kier molecular flexibility index (Phi) is 8.37. The van der Waals surface area contributed by atoms with Gasteiger partial charge in [0.1, 0.15) is 18.2 Å². The Morgan fingerprint density at radius 3 is 2.22 bits per heavy atom. The van der Waals surface area contributed by atoms with Gasteiger partial charge in [0, 0.05) is 0 Å². The van der Waals surface area contributed by atoms with Crippen LogP contribution in [0, 0.1) is 0 Å². The number of hydrogen-bond donors (Lipinski definition) is 2. The van der Waals surface area contributed by atoms with Crippen LogP contribution >= 0.6 is 23.2 Å². The number of rotatable bonds is 7. The summed E-state index contributed by atoms with van der Waals surface area (Å²) in [5.41, 5.74) is 0.0345. The molecule has 1 aromatic rings. The van der Waals surface area contributed by atoms with Crippen LogP contribution < -0.4 is 10.6 Å². The molecule has 0 radical (unpaired) electrons. The molecule has 1 rings (SSSR count). The van der Waals surface area contributed by atoms with Gasteiger partial charge in [-0.3, -0.25) is 10.1 Å². The Morgan fingerprint density at radius 1 is 1.11 bits per heavy atom. The number of amides is 2. The molecule has 0 unspecified atom stereocenters. The van der Waals surface area contributed by atoms with E-state index >= 15 is 0 Å². The number of benzene rings is 1. The molecule has 0 aliphatic carbocycles. The summed E-state index contributed by atoms with van der Waals surface area (Å²) in [4.78, 5) is 34.4. The van der Waals surface area contributed by atoms with Gasteiger partial charge < -0.3 is 14.8 Å². The standard InChI is InChI=1S/C18H24Cl2N2O5/c1-17(2,3)27-16(25)22-18(4,20)15(24)21-13(10-19)14(23)26-11-12-8-6-5-7-9-12/h5-9,13H,10-11H2,1-4H3,(H,21,24)(H,22,25)/t13-,18-/m0/s1. The normalized spacial score (nSPS) is 14.4. The first kappa shape index (κ1) is 23.0. The number of esters is 1. The monoisotopic (exact) mass is 418 g/mol. The molecule has 0 spiro atoms. The highest BCUT2D eigenvalue weighted by molar-refractivity contribution is 6.35. The number of halogens is 2. The summed E-state index contributed by atoms with van der Waals surface area (Å²) in [5.74, 6) is -1.76. The second-order valence-electron chi connectivity index (χ2n) is 6.90. The van der Waals surface area contributed by atoms with Crippen LogP contribution in [0.5, 0.6) is 0 Å². The van der Waals surface area contributed by atoms with Crippen LogP contribution in [0.2, 0.25) is 0 Å². The smallest absolute Gasteiger partial charge is 0.409 e. The number of ether oxygens (including phenoxy) is 2. The Morgan fingerprint density at radius 2 is 1.70 bits per heavy atom. The minimum absolute atomic E-state index is 0.0389. The van der Waals surface area contributed by atoms with E-state index in [-0.39, 0.29) is 12.5 Å². The predicted octanol–water partition coefficient (Wildman–Crippen LogP) is 2.93. The molecule has 9 heteroatoms. The van der Waals surface area contributed by atoms with Crippen molar-refractivity contribution >= 4 is 41.2 Å². The van der Waals surface area contributed by atoms with E-state index in [4.69, 9.17) is 32.7 Å². The van der Waals surface area contributed by atoms with E-state index in [0.29, 0.717) is 0 Å². The molecular formula is C18H24Cl2N2O5. The van der Waals surface area contributed by atoms with Crippen molar-refractivity contribution in [3.05, 3.63) is 35.9 Å². The zero-order chi connectivity index (χ0) is 20.7. The Labute approximate surface area is 168 Å². The lowest BCUT2D eigenvalue weighted by Crippen LogP contribution is -2.57. The number of carbonyl (C=O) groups excluding carboxylic acids is 3. The first-order chi connectivity index (χ1) is 12.4. The molecule has 2 atom stereocenters. The van der Waals surface area contributed by atoms with Crippen molar-refractivity contribution in [2.45, 2.75) is 50.9 Å². The summed E-state index contributed by atoms with van der Waals surface area (Å²) in [5, 5.41) is 4.60. The SMILES string of the molecule is CC(C)(C)OC(=O)N[C@](C)(Cl)C(=O)N[C@@H](CCl)C(=O)OCc1ccccc1. The molecule has 1 aromatic carbocycles. The minimum atomic E-state index is -1.84. The number of carbonyl (C=O) groups is 3. The molecule has 0 aliphatic rings. The molecule has 0 aliphatic heterocycles. The molecular weight excluding hydrogens is 395 g/mol. The van der Waals surface area contributed by atoms with Crippen molar-refractivity contribution in [3.8, 4) is 0 Å². The van der Waals surface area contributed by atoms with E-state index < -0.39 is 34.6 Å². The summed E-state index contributed by atoms with van der Waals surface area (Å²) in [6.07, 6.45) is -0.871. The summed E-state index contributed by atoms with van der Waals surface area (Å²) in [7, 11) is 0. The largest absolute Gasteiger partial charge is 0.459 e. The lowest BCUT2D eigenvalue weighted by Gasteiger charge is -2.27. The van der Waals surface area contributed by atoms with E-state index in [0.717, 1.165) is 5.56 Å². The Bertz CT molecular complexity index is 659. The van der Waals surface area contributed by atoms with Gasteiger partial charge in [-0.25, -0.2) is 9.59 Å². The first-order valence-electron chi connectivity index (χ1n) is 8.22. The highest BCUT2D eigenvalue weighted by atomic mass is 35.5. The first-order valence-corrected chi connectivity index (χ1v) is 9.13. The summed E-state index contributed by atoms with van der Waals surface area (Å²) >= 11 is 11.8. The fourth-order valence-electron chi connectivity index (χ4n) is 1.84. The molecule has 7 nitrogen and oxygen atoms in total. The number of hydrogen-bond acceptors (Lipinski definition) is 5. The lowest BCUT2D eigenvalue weighted by molar-refractivity contribution is -0.148. The number of alkyl halides is 2. The molecule has 2 amide bonds. The van der Waals surface area contributed by atoms with Gasteiger partial charge in [0.15, 0.2) is 5.00 Å². The van der Waals surface area contributed by atoms with Crippen molar-refractivity contribution in [3.63, 3.8) is 0 Å². The average molecular weight is 419 g/mol. The van der Waals surface area contributed by atoms with Crippen molar-refractivity contribution in [2.75, 3.05) is 5.88 Å². The van der Waals surface area contributed by atoms with Gasteiger partial charge in [0.2, 0.25) is 0 Å². The van der Waals surface area contributed by atoms with Gasteiger partial charge in [-0.15, -0.1) is 11.6 Å². The van der Waals surface area contributed by atoms with Crippen LogP contribution in [0.15, 0.2) is 30.3 Å². The third kappa shape index (κ3) is 8.49. The maximum Gasteiger partial charge on any atom is 0.409 e. The zero-order valence-electron chi connectivity index (χ0n) is 15.7. The van der Waals surface area contributed by atoms with Crippen LogP contribution in [-0.2, 0) is 25.7 Å². The Hall–Kier alpha value is -1.99. The average Bonchev–Trinajstić information content (AvgIpc) is 2.55. The van der Waals surface area contributed by atoms with Crippen LogP contribution in [0.4, 0.5) is 4.79 Å². The van der Waals surface area contributed by atoms with Crippen molar-refractivity contribution in [1.82, 2.24) is 10.6 Å². The summed E-state index contributed by atoms with van der Waals surface area (Å²) in [6.45, 7) is 6.31. The molecule has 0 aromatic heterocycles. The maximum atomic E-state index is 12.3. The van der Waals surface area contributed by atoms with Gasteiger partial charge in [0.25, 0.3) is 5.91 Å². The highest BCUT2D eigenvalue weighted by Crippen LogP contribution is 2.14. The van der Waals surface area contributed by atoms with Crippen LogP contribution in [0.3, 0.4) is 0 Å². The van der Waals surface area contributed by atoms with Gasteiger partial charge in [-0.2, -0.15) is 0 Å². The van der Waals surface area contributed by atoms with Gasteiger partial charge in [-0.05, 0) is 33.3 Å².